The Bertz CT molecular complexity index is 796. The Morgan fingerprint density at radius 2 is 1.95 bits per heavy atom. The minimum Gasteiger partial charge on any atom is -0.497 e. The molecule has 3 rings (SSSR count). The normalized spacial score (nSPS) is 13.9. The number of ketones is 1. The van der Waals surface area contributed by atoms with Crippen molar-refractivity contribution in [3.05, 3.63) is 42.0 Å². The molecule has 0 atom stereocenters. The lowest BCUT2D eigenvalue weighted by Gasteiger charge is -2.05. The molecule has 0 saturated carbocycles. The van der Waals surface area contributed by atoms with E-state index >= 15 is 0 Å². The Kier molecular flexibility index (Phi) is 4.24. The lowest BCUT2D eigenvalue weighted by atomic mass is 10.0. The summed E-state index contributed by atoms with van der Waals surface area (Å²) < 4.78 is 5.24. The SMILES string of the molecule is COc1ccc2cc(C3=NN=C(SCC(C)=O)C3)ccc2c1. The molecule has 0 fully saturated rings. The van der Waals surface area contributed by atoms with Gasteiger partial charge in [0.2, 0.25) is 0 Å². The van der Waals surface area contributed by atoms with Crippen LogP contribution in [0.4, 0.5) is 0 Å². The highest BCUT2D eigenvalue weighted by Gasteiger charge is 2.15. The van der Waals surface area contributed by atoms with Gasteiger partial charge in [-0.15, -0.1) is 16.9 Å². The number of ether oxygens (including phenoxy) is 1. The van der Waals surface area contributed by atoms with E-state index in [0.29, 0.717) is 12.2 Å². The molecular formula is C17H16N2O2S. The highest BCUT2D eigenvalue weighted by atomic mass is 32.2. The van der Waals surface area contributed by atoms with E-state index in [0.717, 1.165) is 32.8 Å². The Morgan fingerprint density at radius 1 is 1.18 bits per heavy atom. The predicted octanol–water partition coefficient (Wildman–Crippen LogP) is 3.68. The molecule has 0 unspecified atom stereocenters. The van der Waals surface area contributed by atoms with E-state index in [-0.39, 0.29) is 5.78 Å². The first-order valence-electron chi connectivity index (χ1n) is 6.99. The molecular weight excluding hydrogens is 296 g/mol. The fraction of sp³-hybridized carbons (Fsp3) is 0.235. The first-order valence-corrected chi connectivity index (χ1v) is 7.98. The largest absolute Gasteiger partial charge is 0.497 e. The van der Waals surface area contributed by atoms with Crippen LogP contribution in [0.5, 0.6) is 5.75 Å². The van der Waals surface area contributed by atoms with Crippen LogP contribution in [0.3, 0.4) is 0 Å². The highest BCUT2D eigenvalue weighted by Crippen LogP contribution is 2.24. The van der Waals surface area contributed by atoms with E-state index in [2.05, 4.69) is 28.4 Å². The summed E-state index contributed by atoms with van der Waals surface area (Å²) in [5.74, 6) is 1.46. The third-order valence-corrected chi connectivity index (χ3v) is 4.53. The van der Waals surface area contributed by atoms with Gasteiger partial charge in [0.25, 0.3) is 0 Å². The molecule has 2 aromatic rings. The Morgan fingerprint density at radius 3 is 2.73 bits per heavy atom. The lowest BCUT2D eigenvalue weighted by Crippen LogP contribution is -2.04. The molecule has 0 amide bonds. The van der Waals surface area contributed by atoms with E-state index in [1.54, 1.807) is 14.0 Å². The monoisotopic (exact) mass is 312 g/mol. The average Bonchev–Trinajstić information content (AvgIpc) is 3.01. The number of carbonyl (C=O) groups is 1. The standard InChI is InChI=1S/C17H16N2O2S/c1-11(20)10-22-17-9-16(18-19-17)14-4-3-13-8-15(21-2)6-5-12(13)7-14/h3-8H,9-10H2,1-2H3. The van der Waals surface area contributed by atoms with Gasteiger partial charge in [0, 0.05) is 6.42 Å². The van der Waals surface area contributed by atoms with Gasteiger partial charge >= 0.3 is 0 Å². The fourth-order valence-corrected chi connectivity index (χ4v) is 2.99. The second-order valence-corrected chi connectivity index (χ2v) is 6.18. The van der Waals surface area contributed by atoms with Crippen LogP contribution in [0, 0.1) is 0 Å². The second kappa shape index (κ2) is 6.32. The van der Waals surface area contributed by atoms with Crippen LogP contribution in [-0.4, -0.2) is 29.4 Å². The Hall–Kier alpha value is -2.14. The minimum absolute atomic E-state index is 0.154. The number of Topliss-reactive ketones (excluding diaryl/α,β-unsaturated/α-hetero) is 1. The number of hydrogen-bond acceptors (Lipinski definition) is 5. The summed E-state index contributed by atoms with van der Waals surface area (Å²) in [6.45, 7) is 1.59. The van der Waals surface area contributed by atoms with Crippen molar-refractivity contribution in [2.24, 2.45) is 10.2 Å². The topological polar surface area (TPSA) is 51.0 Å². The van der Waals surface area contributed by atoms with E-state index in [4.69, 9.17) is 4.74 Å². The summed E-state index contributed by atoms with van der Waals surface area (Å²) in [6.07, 6.45) is 0.694. The van der Waals surface area contributed by atoms with Crippen molar-refractivity contribution >= 4 is 39.1 Å². The van der Waals surface area contributed by atoms with Crippen LogP contribution in [-0.2, 0) is 4.79 Å². The maximum Gasteiger partial charge on any atom is 0.140 e. The van der Waals surface area contributed by atoms with Crippen molar-refractivity contribution < 1.29 is 9.53 Å². The van der Waals surface area contributed by atoms with Crippen molar-refractivity contribution in [2.45, 2.75) is 13.3 Å². The van der Waals surface area contributed by atoms with Crippen LogP contribution in [0.2, 0.25) is 0 Å². The van der Waals surface area contributed by atoms with Crippen molar-refractivity contribution in [3.63, 3.8) is 0 Å². The molecule has 0 radical (unpaired) electrons. The van der Waals surface area contributed by atoms with Gasteiger partial charge in [-0.2, -0.15) is 5.10 Å². The first-order chi connectivity index (χ1) is 10.7. The third-order valence-electron chi connectivity index (χ3n) is 3.42. The second-order valence-electron chi connectivity index (χ2n) is 5.14. The van der Waals surface area contributed by atoms with Crippen LogP contribution in [0.25, 0.3) is 10.8 Å². The van der Waals surface area contributed by atoms with E-state index in [1.807, 2.05) is 18.2 Å². The number of benzene rings is 2. The molecule has 0 N–H and O–H groups in total. The maximum absolute atomic E-state index is 11.0. The number of thioether (sulfide) groups is 1. The average molecular weight is 312 g/mol. The molecule has 5 heteroatoms. The van der Waals surface area contributed by atoms with E-state index in [9.17, 15) is 4.79 Å². The number of hydrogen-bond donors (Lipinski definition) is 0. The molecule has 0 aromatic heterocycles. The molecule has 112 valence electrons. The van der Waals surface area contributed by atoms with Gasteiger partial charge in [0.1, 0.15) is 16.6 Å². The molecule has 0 spiro atoms. The summed E-state index contributed by atoms with van der Waals surface area (Å²) in [7, 11) is 1.67. The Balaban J connectivity index is 1.76. The first kappa shape index (κ1) is 14.8. The molecule has 4 nitrogen and oxygen atoms in total. The highest BCUT2D eigenvalue weighted by molar-refractivity contribution is 8.14. The van der Waals surface area contributed by atoms with Crippen LogP contribution in [0.1, 0.15) is 18.9 Å². The smallest absolute Gasteiger partial charge is 0.140 e. The summed E-state index contributed by atoms with van der Waals surface area (Å²) in [6, 6.07) is 12.2. The van der Waals surface area contributed by atoms with Crippen molar-refractivity contribution in [1.82, 2.24) is 0 Å². The van der Waals surface area contributed by atoms with Gasteiger partial charge in [0.05, 0.1) is 18.6 Å². The molecule has 0 saturated heterocycles. The summed E-state index contributed by atoms with van der Waals surface area (Å²) >= 11 is 1.47. The van der Waals surface area contributed by atoms with Crippen LogP contribution < -0.4 is 4.74 Å². The van der Waals surface area contributed by atoms with Crippen molar-refractivity contribution in [3.8, 4) is 5.75 Å². The molecule has 1 heterocycles. The van der Waals surface area contributed by atoms with Crippen LogP contribution in [0.15, 0.2) is 46.6 Å². The molecule has 1 aliphatic heterocycles. The number of rotatable bonds is 4. The summed E-state index contributed by atoms with van der Waals surface area (Å²) in [4.78, 5) is 11.0. The number of fused-ring (bicyclic) bond motifs is 1. The molecule has 1 aliphatic rings. The van der Waals surface area contributed by atoms with Crippen LogP contribution >= 0.6 is 11.8 Å². The zero-order valence-corrected chi connectivity index (χ0v) is 13.3. The third kappa shape index (κ3) is 3.20. The van der Waals surface area contributed by atoms with Gasteiger partial charge in [-0.05, 0) is 41.5 Å². The van der Waals surface area contributed by atoms with E-state index < -0.39 is 0 Å². The lowest BCUT2D eigenvalue weighted by molar-refractivity contribution is -0.114. The number of methoxy groups -OCH3 is 1. The fourth-order valence-electron chi connectivity index (χ4n) is 2.29. The van der Waals surface area contributed by atoms with Gasteiger partial charge < -0.3 is 4.74 Å². The molecule has 2 aromatic carbocycles. The van der Waals surface area contributed by atoms with Gasteiger partial charge in [-0.1, -0.05) is 18.2 Å². The summed E-state index contributed by atoms with van der Waals surface area (Å²) in [5, 5.41) is 11.6. The van der Waals surface area contributed by atoms with Gasteiger partial charge in [-0.3, -0.25) is 4.79 Å². The quantitative estimate of drug-likeness (QED) is 0.865. The summed E-state index contributed by atoms with van der Waals surface area (Å²) in [5.41, 5.74) is 2.02. The minimum atomic E-state index is 0.154. The van der Waals surface area contributed by atoms with Crippen molar-refractivity contribution in [2.75, 3.05) is 12.9 Å². The van der Waals surface area contributed by atoms with E-state index in [1.165, 1.54) is 11.8 Å². The number of nitrogens with zero attached hydrogens (tertiary/aromatic N) is 2. The zero-order chi connectivity index (χ0) is 15.5. The maximum atomic E-state index is 11.0. The molecule has 0 aliphatic carbocycles. The molecule has 0 bridgehead atoms. The Labute approximate surface area is 133 Å². The predicted molar refractivity (Wildman–Crippen MR) is 92.2 cm³/mol. The van der Waals surface area contributed by atoms with Crippen molar-refractivity contribution in [1.29, 1.82) is 0 Å². The molecule has 22 heavy (non-hydrogen) atoms. The zero-order valence-electron chi connectivity index (χ0n) is 12.5. The van der Waals surface area contributed by atoms with Gasteiger partial charge in [0.15, 0.2) is 0 Å². The van der Waals surface area contributed by atoms with Gasteiger partial charge in [-0.25, -0.2) is 0 Å². The number of carbonyl (C=O) groups excluding carboxylic acids is 1.